The maximum atomic E-state index is 15.1. The van der Waals surface area contributed by atoms with Gasteiger partial charge in [-0.05, 0) is 132 Å². The van der Waals surface area contributed by atoms with Crippen LogP contribution < -0.4 is 48.9 Å². The number of nitrogens with two attached hydrogens (primary N) is 2. The van der Waals surface area contributed by atoms with Gasteiger partial charge in [-0.3, -0.25) is 77.6 Å². The van der Waals surface area contributed by atoms with Gasteiger partial charge in [0.2, 0.25) is 23.7 Å². The molecule has 5 aromatic rings. The molecule has 0 aliphatic carbocycles. The highest BCUT2D eigenvalue weighted by Crippen LogP contribution is 2.34. The number of H-pyrrole nitrogens is 1. The zero-order valence-corrected chi connectivity index (χ0v) is 72.5. The van der Waals surface area contributed by atoms with Gasteiger partial charge in [0.15, 0.2) is 41.2 Å². The van der Waals surface area contributed by atoms with E-state index in [1.165, 1.54) is 60.9 Å². The predicted octanol–water partition coefficient (Wildman–Crippen LogP) is 6.99. The van der Waals surface area contributed by atoms with E-state index in [-0.39, 0.29) is 152 Å². The van der Waals surface area contributed by atoms with Crippen LogP contribution in [0.2, 0.25) is 0 Å². The van der Waals surface area contributed by atoms with Crippen LogP contribution in [0.4, 0.5) is 11.6 Å². The second kappa shape index (κ2) is 49.3. The van der Waals surface area contributed by atoms with Gasteiger partial charge in [0, 0.05) is 96.6 Å². The molecule has 4 heterocycles. The van der Waals surface area contributed by atoms with Crippen LogP contribution in [-0.4, -0.2) is 219 Å². The number of aliphatic carboxylic acids is 3. The van der Waals surface area contributed by atoms with E-state index in [2.05, 4.69) is 56.7 Å². The summed E-state index contributed by atoms with van der Waals surface area (Å²) in [7, 11) is 4.10. The molecule has 2 aromatic carbocycles. The molecule has 0 spiro atoms. The summed E-state index contributed by atoms with van der Waals surface area (Å²) < 4.78 is 11.5. The number of esters is 2. The fraction of sp³-hybridized carbons (Fsp3) is 0.573. The lowest BCUT2D eigenvalue weighted by Crippen LogP contribution is -2.50. The number of hydrogen-bond acceptors (Lipinski definition) is 28. The third-order valence-electron chi connectivity index (χ3n) is 20.9. The van der Waals surface area contributed by atoms with Gasteiger partial charge in [0.25, 0.3) is 17.4 Å². The number of amides is 5. The maximum absolute atomic E-state index is 15.1. The number of nitrogen functional groups attached to an aromatic ring is 1. The fourth-order valence-corrected chi connectivity index (χ4v) is 16.7. The Bertz CT molecular complexity index is 4460. The van der Waals surface area contributed by atoms with E-state index in [1.807, 2.05) is 55.5 Å². The fourth-order valence-electron chi connectivity index (χ4n) is 13.7. The quantitative estimate of drug-likeness (QED) is 0.00466. The molecule has 6 rings (SSSR count). The van der Waals surface area contributed by atoms with Crippen molar-refractivity contribution in [1.82, 2.24) is 61.3 Å². The first kappa shape index (κ1) is 99.1. The number of fused-ring (bicyclic) bond motifs is 1. The molecule has 12 atom stereocenters. The molecule has 1 aliphatic rings. The van der Waals surface area contributed by atoms with Gasteiger partial charge in [-0.2, -0.15) is 4.98 Å². The van der Waals surface area contributed by atoms with Crippen molar-refractivity contribution in [3.05, 3.63) is 98.0 Å². The minimum absolute atomic E-state index is 0.0137. The second-order valence-electron chi connectivity index (χ2n) is 31.5. The van der Waals surface area contributed by atoms with Crippen molar-refractivity contribution in [2.24, 2.45) is 47.2 Å². The number of carbonyl (C=O) groups excluding carboxylic acids is 10. The molecule has 3 aromatic heterocycles. The third-order valence-corrected chi connectivity index (χ3v) is 24.4. The molecule has 1 aliphatic heterocycles. The average Bonchev–Trinajstić information content (AvgIpc) is 1.72. The van der Waals surface area contributed by atoms with Crippen LogP contribution in [0.1, 0.15) is 202 Å². The smallest absolute Gasteiger partial charge is 0.326 e. The number of anilines is 2. The van der Waals surface area contributed by atoms with Crippen LogP contribution in [0, 0.1) is 46.8 Å². The summed E-state index contributed by atoms with van der Waals surface area (Å²) in [5.74, 6) is -15.7. The van der Waals surface area contributed by atoms with Crippen LogP contribution in [0.3, 0.4) is 0 Å². The number of carbonyl (C=O) groups is 13. The minimum atomic E-state index is -1.77. The number of ketones is 3. The van der Waals surface area contributed by atoms with Crippen molar-refractivity contribution in [1.29, 1.82) is 5.41 Å². The molecule has 5 amide bonds. The predicted molar refractivity (Wildman–Crippen MR) is 456 cm³/mol. The zero-order chi connectivity index (χ0) is 89.3. The van der Waals surface area contributed by atoms with Gasteiger partial charge in [-0.25, -0.2) is 19.7 Å². The number of nitrogens with one attached hydrogen (secondary N) is 8. The number of aromatic nitrogens is 5. The Morgan fingerprint density at radius 3 is 2.12 bits per heavy atom. The zero-order valence-electron chi connectivity index (χ0n) is 70.0. The molecule has 1 fully saturated rings. The summed E-state index contributed by atoms with van der Waals surface area (Å²) in [4.78, 5) is 211. The van der Waals surface area contributed by atoms with E-state index in [0.717, 1.165) is 53.0 Å². The lowest BCUT2D eigenvalue weighted by atomic mass is 9.82. The van der Waals surface area contributed by atoms with Gasteiger partial charge in [-0.15, -0.1) is 11.3 Å². The number of rotatable bonds is 53. The van der Waals surface area contributed by atoms with Crippen molar-refractivity contribution in [3.8, 4) is 5.75 Å². The number of ether oxygens (including phenoxy) is 2. The molecular formula is C82H116N16O20S3. The molecule has 36 nitrogen and oxygen atoms in total. The molecule has 1 saturated heterocycles. The average molecular weight is 1740 g/mol. The first-order valence-electron chi connectivity index (χ1n) is 40.5. The van der Waals surface area contributed by atoms with Crippen molar-refractivity contribution in [3.63, 3.8) is 0 Å². The number of hydrogen-bond donors (Lipinski definition) is 14. The van der Waals surface area contributed by atoms with E-state index in [0.29, 0.717) is 29.2 Å². The molecule has 121 heavy (non-hydrogen) atoms. The summed E-state index contributed by atoms with van der Waals surface area (Å²) in [6, 6.07) is 6.24. The van der Waals surface area contributed by atoms with Crippen LogP contribution in [-0.2, 0) is 75.2 Å². The van der Waals surface area contributed by atoms with Gasteiger partial charge in [0.1, 0.15) is 24.1 Å². The molecule has 0 bridgehead atoms. The van der Waals surface area contributed by atoms with Crippen LogP contribution in [0.25, 0.3) is 11.2 Å². The molecule has 16 N–H and O–H groups in total. The third kappa shape index (κ3) is 33.0. The van der Waals surface area contributed by atoms with Crippen molar-refractivity contribution >= 4 is 138 Å². The number of carboxylic acids is 3. The number of carboxylic acid groups (broad SMARTS) is 3. The number of phenols is 1. The SMILES string of the molecule is CCC(C)[C@H](CC(=O)[C@H]1CCCCN1C)C(=O)N(COC(=O)CC(C)C)[C@H](C[C@@H](C)c1nc(C(=O)N[C@@H](Cc2ccc(O)cc2)C[C@H](C)C(=O)OCCSSC[C@H](CC(=O)[C@H](CC(=O)O)NC(=O)[C@H](CCCNC(=N)N)CC(=O)[C@H](C)NC(=O)CC[C@H](NC(=O)c2ccc(NCc3cnc4nc(N)[nH]c(=O)c4n3)cc2)C(=O)O)C(=O)O)cs1)C(C)C. The van der Waals surface area contributed by atoms with Gasteiger partial charge < -0.3 is 78.2 Å². The Labute approximate surface area is 714 Å². The Morgan fingerprint density at radius 1 is 0.777 bits per heavy atom. The number of thiazole rings is 1. The second-order valence-corrected chi connectivity index (χ2v) is 35.0. The summed E-state index contributed by atoms with van der Waals surface area (Å²) in [5.41, 5.74) is 12.3. The van der Waals surface area contributed by atoms with E-state index in [1.54, 1.807) is 29.3 Å². The van der Waals surface area contributed by atoms with Gasteiger partial charge in [-0.1, -0.05) is 102 Å². The number of guanidine groups is 1. The number of phenolic OH excluding ortho intramolecular Hbond substituents is 1. The Hall–Kier alpha value is -10.7. The normalized spacial score (nSPS) is 15.6. The first-order valence-corrected chi connectivity index (χ1v) is 43.9. The van der Waals surface area contributed by atoms with E-state index < -0.39 is 163 Å². The van der Waals surface area contributed by atoms with Gasteiger partial charge >= 0.3 is 29.8 Å². The molecule has 39 heteroatoms. The van der Waals surface area contributed by atoms with E-state index in [4.69, 9.17) is 31.3 Å². The Kier molecular flexibility index (Phi) is 40.4. The molecular weight excluding hydrogens is 1630 g/mol. The topological polar surface area (TPSA) is 560 Å². The van der Waals surface area contributed by atoms with Gasteiger partial charge in [0.05, 0.1) is 59.8 Å². The number of aromatic hydroxyl groups is 1. The molecule has 1 unspecified atom stereocenters. The van der Waals surface area contributed by atoms with Crippen molar-refractivity contribution in [2.45, 2.75) is 214 Å². The summed E-state index contributed by atoms with van der Waals surface area (Å²) in [6.07, 6.45) is 2.44. The summed E-state index contributed by atoms with van der Waals surface area (Å²) in [6.45, 7) is 17.1. The van der Waals surface area contributed by atoms with Crippen LogP contribution in [0.15, 0.2) is 64.9 Å². The van der Waals surface area contributed by atoms with Crippen LogP contribution in [0.5, 0.6) is 5.75 Å². The number of aromatic amines is 1. The molecule has 662 valence electrons. The highest BCUT2D eigenvalue weighted by atomic mass is 33.1. The maximum Gasteiger partial charge on any atom is 0.326 e. The number of likely N-dealkylation sites (tertiary alicyclic amines) is 1. The monoisotopic (exact) mass is 1740 g/mol. The summed E-state index contributed by atoms with van der Waals surface area (Å²) >= 11 is 1.27. The number of nitrogens with zero attached hydrogens (tertiary/aromatic N) is 6. The first-order chi connectivity index (χ1) is 57.3. The number of benzene rings is 2. The van der Waals surface area contributed by atoms with E-state index >= 15 is 4.79 Å². The number of likely N-dealkylation sites (N-methyl/N-ethyl adjacent to an activating group) is 1. The highest BCUT2D eigenvalue weighted by Gasteiger charge is 2.40. The standard InChI is InChI=1S/C82H116N16O20S3/c1-11-46(6)58(37-66(102)62-16-12-13-28-97(62)10)77(111)98(43-118-69(106)31-44(2)3)63(45(4)5)33-47(7)76-94-61(42-119-76)74(109)91-55(34-50-17-23-57(99)24-18-50)32-48(8)80(116)117-29-30-120-121-41-53(78(112)113)36-65(101)60(38-68(104)105)93-73(108)52(15-14-27-86-81(83)84)35-64(100)49(9)89-67(103)26-25-59(79(114)115)92-72(107)51-19-21-54(22-20-51)87-39-56-40-88-71-70(90-56)75(110)96-82(85)95-71/h17-24,40,42,44-49,52-53,55,58-60,62-63,87,99H,11-16,25-39,41,43H2,1-10H3,(H,89,103)(H,91,109)(H,92,107)(H,93,108)(H,104,105)(H,112,113)(H,114,115)(H4,83,84,86)(H3,85,88,95,96,110)/t46?,47-,48+,49+,52-,53+,55-,58+,59+,60+,62-,63-/m1/s1. The Morgan fingerprint density at radius 2 is 1.48 bits per heavy atom. The highest BCUT2D eigenvalue weighted by molar-refractivity contribution is 8.76. The number of piperidine rings is 1. The largest absolute Gasteiger partial charge is 0.508 e. The summed E-state index contributed by atoms with van der Waals surface area (Å²) in [5, 5.41) is 65.9. The minimum Gasteiger partial charge on any atom is -0.508 e. The lowest BCUT2D eigenvalue weighted by Gasteiger charge is -2.39. The van der Waals surface area contributed by atoms with Crippen molar-refractivity contribution in [2.75, 3.05) is 56.0 Å². The van der Waals surface area contributed by atoms with Crippen LogP contribution >= 0.6 is 32.9 Å². The van der Waals surface area contributed by atoms with E-state index in [9.17, 15) is 82.8 Å². The Balaban J connectivity index is 0.999. The van der Waals surface area contributed by atoms with Crippen molar-refractivity contribution < 1.29 is 92.2 Å². The molecule has 0 saturated carbocycles. The number of Topliss-reactive ketones (excluding diaryl/α,β-unsaturated/α-hetero) is 3. The molecule has 0 radical (unpaired) electrons. The lowest BCUT2D eigenvalue weighted by molar-refractivity contribution is -0.161.